The number of aromatic nitrogens is 2. The molecule has 1 heterocycles. The van der Waals surface area contributed by atoms with E-state index in [4.69, 9.17) is 9.47 Å². The quantitative estimate of drug-likeness (QED) is 0.199. The molecule has 0 spiro atoms. The average Bonchev–Trinajstić information content (AvgIpc) is 3.18. The standard InChI is InChI=1S/C29H28FN5O5/c1-18(20-14-15-24(25(16-20)39-4)40-17-21-10-8-9-13-23(21)30)32-33-28(37)27(36)31-26-19(2)34(3)35(29(26)38)22-11-6-5-7-12-22/h5-16H,17H2,1-4H3,(H,31,36)(H,33,37)/b32-18+. The summed E-state index contributed by atoms with van der Waals surface area (Å²) in [4.78, 5) is 38.0. The zero-order chi connectivity index (χ0) is 28.8. The van der Waals surface area contributed by atoms with E-state index in [1.165, 1.54) is 17.9 Å². The molecule has 0 bridgehead atoms. The third kappa shape index (κ3) is 5.93. The SMILES string of the molecule is COc1cc(/C(C)=N/NC(=O)C(=O)Nc2c(C)n(C)n(-c3ccccc3)c2=O)ccc1OCc1ccccc1F. The van der Waals surface area contributed by atoms with Crippen LogP contribution < -0.4 is 25.8 Å². The first-order valence-electron chi connectivity index (χ1n) is 12.3. The van der Waals surface area contributed by atoms with Gasteiger partial charge < -0.3 is 14.8 Å². The van der Waals surface area contributed by atoms with Gasteiger partial charge in [0, 0.05) is 18.2 Å². The maximum absolute atomic E-state index is 13.9. The normalized spacial score (nSPS) is 11.2. The molecule has 4 rings (SSSR count). The second-order valence-electron chi connectivity index (χ2n) is 8.77. The largest absolute Gasteiger partial charge is 0.493 e. The van der Waals surface area contributed by atoms with Gasteiger partial charge in [-0.25, -0.2) is 14.5 Å². The minimum absolute atomic E-state index is 0.0112. The van der Waals surface area contributed by atoms with Crippen LogP contribution in [-0.4, -0.2) is 34.0 Å². The Bertz CT molecular complexity index is 1640. The van der Waals surface area contributed by atoms with E-state index in [2.05, 4.69) is 15.8 Å². The summed E-state index contributed by atoms with van der Waals surface area (Å²) in [7, 11) is 3.14. The summed E-state index contributed by atoms with van der Waals surface area (Å²) in [5.41, 5.74) is 4.16. The topological polar surface area (TPSA) is 116 Å². The van der Waals surface area contributed by atoms with Gasteiger partial charge >= 0.3 is 11.8 Å². The fourth-order valence-electron chi connectivity index (χ4n) is 3.92. The van der Waals surface area contributed by atoms with Gasteiger partial charge in [0.15, 0.2) is 11.5 Å². The summed E-state index contributed by atoms with van der Waals surface area (Å²) in [6, 6.07) is 20.2. The first kappa shape index (κ1) is 27.8. The highest BCUT2D eigenvalue weighted by Crippen LogP contribution is 2.29. The van der Waals surface area contributed by atoms with E-state index in [0.29, 0.717) is 39.7 Å². The van der Waals surface area contributed by atoms with Gasteiger partial charge in [0.05, 0.1) is 24.2 Å². The number of hydrogen-bond acceptors (Lipinski definition) is 6. The van der Waals surface area contributed by atoms with Crippen molar-refractivity contribution in [2.24, 2.45) is 12.1 Å². The lowest BCUT2D eigenvalue weighted by Gasteiger charge is -2.12. The summed E-state index contributed by atoms with van der Waals surface area (Å²) in [5, 5.41) is 6.40. The van der Waals surface area contributed by atoms with E-state index >= 15 is 0 Å². The third-order valence-electron chi connectivity index (χ3n) is 6.25. The molecule has 3 aromatic carbocycles. The first-order valence-corrected chi connectivity index (χ1v) is 12.3. The Kier molecular flexibility index (Phi) is 8.43. The molecular weight excluding hydrogens is 517 g/mol. The van der Waals surface area contributed by atoms with Crippen molar-refractivity contribution in [3.8, 4) is 17.2 Å². The number of hydrazone groups is 1. The highest BCUT2D eigenvalue weighted by molar-refractivity contribution is 6.39. The van der Waals surface area contributed by atoms with Crippen LogP contribution in [0.25, 0.3) is 5.69 Å². The van der Waals surface area contributed by atoms with Crippen molar-refractivity contribution in [3.05, 3.63) is 106 Å². The van der Waals surface area contributed by atoms with Crippen LogP contribution in [-0.2, 0) is 23.2 Å². The Balaban J connectivity index is 1.43. The predicted octanol–water partition coefficient (Wildman–Crippen LogP) is 3.69. The summed E-state index contributed by atoms with van der Waals surface area (Å²) < 4.78 is 28.0. The molecule has 2 N–H and O–H groups in total. The molecule has 0 aliphatic rings. The molecular formula is C29H28FN5O5. The predicted molar refractivity (Wildman–Crippen MR) is 148 cm³/mol. The van der Waals surface area contributed by atoms with E-state index < -0.39 is 17.4 Å². The monoisotopic (exact) mass is 545 g/mol. The Morgan fingerprint density at radius 3 is 2.38 bits per heavy atom. The Morgan fingerprint density at radius 1 is 0.975 bits per heavy atom. The van der Waals surface area contributed by atoms with Crippen molar-refractivity contribution < 1.29 is 23.5 Å². The number of benzene rings is 3. The molecule has 0 fully saturated rings. The molecule has 0 aliphatic heterocycles. The molecule has 0 saturated heterocycles. The van der Waals surface area contributed by atoms with Crippen molar-refractivity contribution in [2.75, 3.05) is 12.4 Å². The maximum Gasteiger partial charge on any atom is 0.329 e. The lowest BCUT2D eigenvalue weighted by molar-refractivity contribution is -0.136. The van der Waals surface area contributed by atoms with Crippen molar-refractivity contribution in [3.63, 3.8) is 0 Å². The number of rotatable bonds is 8. The molecule has 4 aromatic rings. The van der Waals surface area contributed by atoms with Gasteiger partial charge in [-0.2, -0.15) is 5.10 Å². The number of carbonyl (C=O) groups is 2. The summed E-state index contributed by atoms with van der Waals surface area (Å²) in [6.45, 7) is 3.30. The van der Waals surface area contributed by atoms with Crippen LogP contribution in [0.3, 0.4) is 0 Å². The second-order valence-corrected chi connectivity index (χ2v) is 8.77. The first-order chi connectivity index (χ1) is 19.2. The number of carbonyl (C=O) groups excluding carboxylic acids is 2. The average molecular weight is 546 g/mol. The van der Waals surface area contributed by atoms with Crippen LogP contribution in [0, 0.1) is 12.7 Å². The van der Waals surface area contributed by atoms with Crippen molar-refractivity contribution in [2.45, 2.75) is 20.5 Å². The van der Waals surface area contributed by atoms with Gasteiger partial charge in [0.25, 0.3) is 5.56 Å². The smallest absolute Gasteiger partial charge is 0.329 e. The molecule has 11 heteroatoms. The van der Waals surface area contributed by atoms with Gasteiger partial charge in [-0.05, 0) is 50.2 Å². The highest BCUT2D eigenvalue weighted by Gasteiger charge is 2.21. The van der Waals surface area contributed by atoms with Crippen LogP contribution in [0.15, 0.2) is 82.7 Å². The van der Waals surface area contributed by atoms with E-state index in [1.807, 2.05) is 6.07 Å². The fraction of sp³-hybridized carbons (Fsp3) is 0.172. The molecule has 0 saturated carbocycles. The third-order valence-corrected chi connectivity index (χ3v) is 6.25. The number of amides is 2. The Labute approximate surface area is 229 Å². The van der Waals surface area contributed by atoms with Gasteiger partial charge in [-0.1, -0.05) is 36.4 Å². The minimum Gasteiger partial charge on any atom is -0.493 e. The van der Waals surface area contributed by atoms with E-state index in [-0.39, 0.29) is 18.1 Å². The molecule has 1 aromatic heterocycles. The molecule has 0 unspecified atom stereocenters. The number of nitrogens with one attached hydrogen (secondary N) is 2. The van der Waals surface area contributed by atoms with Crippen LogP contribution in [0.1, 0.15) is 23.7 Å². The molecule has 0 radical (unpaired) electrons. The fourth-order valence-corrected chi connectivity index (χ4v) is 3.92. The maximum atomic E-state index is 13.9. The van der Waals surface area contributed by atoms with Crippen molar-refractivity contribution >= 4 is 23.2 Å². The lowest BCUT2D eigenvalue weighted by atomic mass is 10.1. The van der Waals surface area contributed by atoms with Crippen molar-refractivity contribution in [1.29, 1.82) is 0 Å². The minimum atomic E-state index is -1.05. The summed E-state index contributed by atoms with van der Waals surface area (Å²) in [5.74, 6) is -1.70. The number of para-hydroxylation sites is 1. The summed E-state index contributed by atoms with van der Waals surface area (Å²) >= 11 is 0. The van der Waals surface area contributed by atoms with E-state index in [9.17, 15) is 18.8 Å². The number of hydrogen-bond donors (Lipinski definition) is 2. The molecule has 0 aliphatic carbocycles. The van der Waals surface area contributed by atoms with Gasteiger partial charge in [0.1, 0.15) is 18.1 Å². The molecule has 40 heavy (non-hydrogen) atoms. The van der Waals surface area contributed by atoms with Crippen LogP contribution in [0.5, 0.6) is 11.5 Å². The Morgan fingerprint density at radius 2 is 1.68 bits per heavy atom. The van der Waals surface area contributed by atoms with Gasteiger partial charge in [-0.15, -0.1) is 0 Å². The number of methoxy groups -OCH3 is 1. The van der Waals surface area contributed by atoms with E-state index in [1.54, 1.807) is 86.2 Å². The number of nitrogens with zero attached hydrogens (tertiary/aromatic N) is 3. The lowest BCUT2D eigenvalue weighted by Crippen LogP contribution is -2.34. The number of anilines is 1. The highest BCUT2D eigenvalue weighted by atomic mass is 19.1. The van der Waals surface area contributed by atoms with Crippen LogP contribution in [0.4, 0.5) is 10.1 Å². The van der Waals surface area contributed by atoms with Gasteiger partial charge in [-0.3, -0.25) is 19.1 Å². The molecule has 0 atom stereocenters. The number of halogens is 1. The second kappa shape index (κ2) is 12.1. The van der Waals surface area contributed by atoms with Crippen LogP contribution >= 0.6 is 0 Å². The number of ether oxygens (including phenoxy) is 2. The van der Waals surface area contributed by atoms with Crippen molar-refractivity contribution in [1.82, 2.24) is 14.8 Å². The summed E-state index contributed by atoms with van der Waals surface area (Å²) in [6.07, 6.45) is 0. The zero-order valence-corrected chi connectivity index (χ0v) is 22.4. The zero-order valence-electron chi connectivity index (χ0n) is 22.4. The molecule has 206 valence electrons. The Hall–Kier alpha value is -5.19. The van der Waals surface area contributed by atoms with Gasteiger partial charge in [0.2, 0.25) is 0 Å². The molecule has 10 nitrogen and oxygen atoms in total. The van der Waals surface area contributed by atoms with Crippen LogP contribution in [0.2, 0.25) is 0 Å². The molecule has 2 amide bonds. The van der Waals surface area contributed by atoms with E-state index in [0.717, 1.165) is 0 Å².